The molecule has 0 fully saturated rings. The van der Waals surface area contributed by atoms with E-state index in [9.17, 15) is 18.0 Å². The minimum atomic E-state index is -4.53. The molecular formula is C19H16F3N5O. The molecule has 0 amide bonds. The Balaban J connectivity index is 2.05. The van der Waals surface area contributed by atoms with Crippen molar-refractivity contribution in [3.63, 3.8) is 0 Å². The lowest BCUT2D eigenvalue weighted by molar-refractivity contribution is -0.140. The third kappa shape index (κ3) is 2.98. The van der Waals surface area contributed by atoms with Gasteiger partial charge in [0.15, 0.2) is 0 Å². The summed E-state index contributed by atoms with van der Waals surface area (Å²) in [6.07, 6.45) is -1.63. The summed E-state index contributed by atoms with van der Waals surface area (Å²) in [4.78, 5) is 18.8. The van der Waals surface area contributed by atoms with Crippen LogP contribution in [0.4, 0.5) is 19.0 Å². The molecule has 0 unspecified atom stereocenters. The number of aromatic nitrogens is 4. The standard InChI is InChI=1S/C19H16F3N5O/c1-26(2)17-12(4-3-7-23-17)11-5-6-13-15(8-11)27(10-19(20,21)22)18(28)14-9-24-25-16(13)14/h3-9H,10H2,1-2H3,(H,24,25). The average molecular weight is 387 g/mol. The number of pyridine rings is 2. The van der Waals surface area contributed by atoms with E-state index in [1.54, 1.807) is 30.5 Å². The van der Waals surface area contributed by atoms with Gasteiger partial charge < -0.3 is 4.90 Å². The van der Waals surface area contributed by atoms with E-state index in [0.29, 0.717) is 22.3 Å². The van der Waals surface area contributed by atoms with Gasteiger partial charge in [-0.1, -0.05) is 12.1 Å². The summed E-state index contributed by atoms with van der Waals surface area (Å²) in [5.41, 5.74) is 1.29. The lowest BCUT2D eigenvalue weighted by atomic mass is 10.0. The summed E-state index contributed by atoms with van der Waals surface area (Å²) in [7, 11) is 3.67. The van der Waals surface area contributed by atoms with Crippen molar-refractivity contribution in [2.24, 2.45) is 0 Å². The van der Waals surface area contributed by atoms with Gasteiger partial charge in [0, 0.05) is 31.2 Å². The number of aromatic amines is 1. The highest BCUT2D eigenvalue weighted by Crippen LogP contribution is 2.32. The molecule has 6 nitrogen and oxygen atoms in total. The molecule has 0 spiro atoms. The van der Waals surface area contributed by atoms with Gasteiger partial charge in [-0.15, -0.1) is 0 Å². The molecule has 0 saturated carbocycles. The van der Waals surface area contributed by atoms with Crippen LogP contribution < -0.4 is 10.5 Å². The molecule has 1 N–H and O–H groups in total. The van der Waals surface area contributed by atoms with E-state index in [4.69, 9.17) is 0 Å². The topological polar surface area (TPSA) is 66.8 Å². The highest BCUT2D eigenvalue weighted by Gasteiger charge is 2.30. The minimum absolute atomic E-state index is 0.125. The molecule has 9 heteroatoms. The predicted molar refractivity (Wildman–Crippen MR) is 101 cm³/mol. The molecule has 0 radical (unpaired) electrons. The van der Waals surface area contributed by atoms with Crippen LogP contribution >= 0.6 is 0 Å². The van der Waals surface area contributed by atoms with Crippen LogP contribution in [0, 0.1) is 0 Å². The zero-order chi connectivity index (χ0) is 20.1. The molecule has 4 aromatic rings. The number of nitrogens with one attached hydrogen (secondary N) is 1. The maximum absolute atomic E-state index is 13.2. The van der Waals surface area contributed by atoms with Crippen LogP contribution in [-0.2, 0) is 6.54 Å². The van der Waals surface area contributed by atoms with Gasteiger partial charge in [0.25, 0.3) is 5.56 Å². The molecule has 144 valence electrons. The maximum Gasteiger partial charge on any atom is 0.406 e. The van der Waals surface area contributed by atoms with Crippen LogP contribution in [0.25, 0.3) is 32.9 Å². The second-order valence-electron chi connectivity index (χ2n) is 6.67. The van der Waals surface area contributed by atoms with E-state index >= 15 is 0 Å². The predicted octanol–water partition coefficient (Wildman–Crippen LogP) is 3.57. The minimum Gasteiger partial charge on any atom is -0.362 e. The van der Waals surface area contributed by atoms with Crippen molar-refractivity contribution >= 4 is 27.6 Å². The number of H-pyrrole nitrogens is 1. The number of halogens is 3. The zero-order valence-corrected chi connectivity index (χ0v) is 15.1. The average Bonchev–Trinajstić information content (AvgIpc) is 3.14. The van der Waals surface area contributed by atoms with Crippen LogP contribution in [0.1, 0.15) is 0 Å². The Morgan fingerprint density at radius 1 is 1.18 bits per heavy atom. The number of fused-ring (bicyclic) bond motifs is 3. The van der Waals surface area contributed by atoms with Crippen molar-refractivity contribution in [3.8, 4) is 11.1 Å². The fourth-order valence-corrected chi connectivity index (χ4v) is 3.36. The number of hydrogen-bond acceptors (Lipinski definition) is 4. The molecule has 0 aliphatic rings. The van der Waals surface area contributed by atoms with Crippen LogP contribution in [0.2, 0.25) is 0 Å². The van der Waals surface area contributed by atoms with Gasteiger partial charge in [0.05, 0.1) is 22.6 Å². The van der Waals surface area contributed by atoms with Crippen molar-refractivity contribution in [1.82, 2.24) is 19.7 Å². The SMILES string of the molecule is CN(C)c1ncccc1-c1ccc2c3[nH]ncc3c(=O)n(CC(F)(F)F)c2c1. The van der Waals surface area contributed by atoms with Crippen LogP contribution in [-0.4, -0.2) is 40.0 Å². The van der Waals surface area contributed by atoms with Gasteiger partial charge in [0.1, 0.15) is 12.4 Å². The summed E-state index contributed by atoms with van der Waals surface area (Å²) in [5, 5.41) is 7.17. The Morgan fingerprint density at radius 2 is 1.96 bits per heavy atom. The Labute approximate surface area is 157 Å². The number of nitrogens with zero attached hydrogens (tertiary/aromatic N) is 4. The Kier molecular flexibility index (Phi) is 4.10. The van der Waals surface area contributed by atoms with E-state index in [2.05, 4.69) is 15.2 Å². The fourth-order valence-electron chi connectivity index (χ4n) is 3.36. The summed E-state index contributed by atoms with van der Waals surface area (Å²) in [5.74, 6) is 0.675. The van der Waals surface area contributed by atoms with Crippen molar-refractivity contribution in [2.75, 3.05) is 19.0 Å². The first-order valence-electron chi connectivity index (χ1n) is 8.45. The normalized spacial score (nSPS) is 12.0. The molecule has 0 aliphatic heterocycles. The van der Waals surface area contributed by atoms with E-state index in [0.717, 1.165) is 10.1 Å². The van der Waals surface area contributed by atoms with E-state index in [1.165, 1.54) is 6.20 Å². The molecule has 3 aromatic heterocycles. The third-order valence-electron chi connectivity index (χ3n) is 4.53. The number of benzene rings is 1. The van der Waals surface area contributed by atoms with E-state index < -0.39 is 18.3 Å². The molecule has 1 aromatic carbocycles. The van der Waals surface area contributed by atoms with Crippen molar-refractivity contribution in [2.45, 2.75) is 12.7 Å². The zero-order valence-electron chi connectivity index (χ0n) is 15.1. The molecule has 0 saturated heterocycles. The molecule has 4 rings (SSSR count). The van der Waals surface area contributed by atoms with Crippen LogP contribution in [0.3, 0.4) is 0 Å². The first kappa shape index (κ1) is 18.0. The number of rotatable bonds is 3. The van der Waals surface area contributed by atoms with Crippen LogP contribution in [0.15, 0.2) is 47.5 Å². The summed E-state index contributed by atoms with van der Waals surface area (Å²) in [6.45, 7) is -1.37. The summed E-state index contributed by atoms with van der Waals surface area (Å²) >= 11 is 0. The van der Waals surface area contributed by atoms with Crippen molar-refractivity contribution in [1.29, 1.82) is 0 Å². The molecule has 0 aliphatic carbocycles. The van der Waals surface area contributed by atoms with Gasteiger partial charge in [-0.3, -0.25) is 14.5 Å². The van der Waals surface area contributed by atoms with E-state index in [-0.39, 0.29) is 10.9 Å². The fraction of sp³-hybridized carbons (Fsp3) is 0.211. The Bertz CT molecular complexity index is 1240. The third-order valence-corrected chi connectivity index (χ3v) is 4.53. The van der Waals surface area contributed by atoms with Gasteiger partial charge in [-0.25, -0.2) is 4.98 Å². The quantitative estimate of drug-likeness (QED) is 0.584. The number of anilines is 1. The number of hydrogen-bond donors (Lipinski definition) is 1. The second-order valence-corrected chi connectivity index (χ2v) is 6.67. The first-order valence-corrected chi connectivity index (χ1v) is 8.45. The second kappa shape index (κ2) is 6.36. The molecule has 28 heavy (non-hydrogen) atoms. The van der Waals surface area contributed by atoms with Crippen molar-refractivity contribution in [3.05, 3.63) is 53.1 Å². The van der Waals surface area contributed by atoms with Gasteiger partial charge in [-0.2, -0.15) is 18.3 Å². The van der Waals surface area contributed by atoms with E-state index in [1.807, 2.05) is 25.1 Å². The van der Waals surface area contributed by atoms with Crippen molar-refractivity contribution < 1.29 is 13.2 Å². The monoisotopic (exact) mass is 387 g/mol. The Morgan fingerprint density at radius 3 is 2.68 bits per heavy atom. The van der Waals surface area contributed by atoms with Gasteiger partial charge in [0.2, 0.25) is 0 Å². The summed E-state index contributed by atoms with van der Waals surface area (Å²) in [6, 6.07) is 8.68. The van der Waals surface area contributed by atoms with Gasteiger partial charge in [-0.05, 0) is 23.8 Å². The number of alkyl halides is 3. The molecule has 3 heterocycles. The first-order chi connectivity index (χ1) is 13.3. The lowest BCUT2D eigenvalue weighted by Crippen LogP contribution is -2.28. The highest BCUT2D eigenvalue weighted by atomic mass is 19.4. The molecule has 0 bridgehead atoms. The van der Waals surface area contributed by atoms with Crippen LogP contribution in [0.5, 0.6) is 0 Å². The lowest BCUT2D eigenvalue weighted by Gasteiger charge is -2.17. The maximum atomic E-state index is 13.2. The van der Waals surface area contributed by atoms with Gasteiger partial charge >= 0.3 is 6.18 Å². The smallest absolute Gasteiger partial charge is 0.362 e. The highest BCUT2D eigenvalue weighted by molar-refractivity contribution is 6.04. The largest absolute Gasteiger partial charge is 0.406 e. The summed E-state index contributed by atoms with van der Waals surface area (Å²) < 4.78 is 40.3. The molecule has 0 atom stereocenters. The Hall–Kier alpha value is -3.36. The molecular weight excluding hydrogens is 371 g/mol.